The van der Waals surface area contributed by atoms with Crippen molar-refractivity contribution < 1.29 is 0 Å². The molecule has 48 heavy (non-hydrogen) atoms. The molecule has 0 aliphatic heterocycles. The minimum absolute atomic E-state index is 0.143. The molecule has 6 aromatic carbocycles. The topological polar surface area (TPSA) is 46.5 Å². The summed E-state index contributed by atoms with van der Waals surface area (Å²) in [6, 6.07) is 49.4. The molecule has 7 aromatic rings. The number of rotatable bonds is 7. The Labute approximate surface area is 285 Å². The first-order valence-electron chi connectivity index (χ1n) is 16.5. The third kappa shape index (κ3) is 4.94. The summed E-state index contributed by atoms with van der Waals surface area (Å²) < 4.78 is 2.46. The Morgan fingerprint density at radius 3 is 2.29 bits per heavy atom. The van der Waals surface area contributed by atoms with Crippen LogP contribution >= 0.6 is 0 Å². The van der Waals surface area contributed by atoms with Crippen molar-refractivity contribution in [3.8, 4) is 16.8 Å². The number of para-hydroxylation sites is 1. The first-order valence-corrected chi connectivity index (χ1v) is 17.0. The molecule has 8 rings (SSSR count). The summed E-state index contributed by atoms with van der Waals surface area (Å²) in [5.74, 6) is 0. The second kappa shape index (κ2) is 11.9. The number of nitrogens with two attached hydrogens (primary N) is 1. The van der Waals surface area contributed by atoms with Crippen LogP contribution in [-0.2, 0) is 5.41 Å². The zero-order chi connectivity index (χ0) is 33.0. The van der Waals surface area contributed by atoms with Crippen LogP contribution < -0.4 is 10.9 Å². The standard InChI is InChI=1S/C43H37N4Si/c1-43(2)37-21-9-7-19-33(37)35-23-24-36-34-20-8-10-22-38(34)47(40(36)39(35)43)31-17-11-13-28(25-31)27-45-42(30-16-12-18-32(48)26-30)46(3)41(44)29-14-5-4-6-15-29/h4-27,41-42H,44H2,1-3H3. The van der Waals surface area contributed by atoms with Gasteiger partial charge in [0.15, 0.2) is 0 Å². The van der Waals surface area contributed by atoms with Crippen molar-refractivity contribution in [3.05, 3.63) is 167 Å². The van der Waals surface area contributed by atoms with Crippen molar-refractivity contribution in [1.82, 2.24) is 9.47 Å². The second-order valence-corrected chi connectivity index (χ2v) is 13.9. The largest absolute Gasteiger partial charge is 0.312 e. The molecule has 0 fully saturated rings. The summed E-state index contributed by atoms with van der Waals surface area (Å²) in [5, 5.41) is 3.53. The van der Waals surface area contributed by atoms with E-state index in [1.165, 1.54) is 44.1 Å². The molecule has 1 aliphatic rings. The molecule has 5 heteroatoms. The van der Waals surface area contributed by atoms with Gasteiger partial charge in [0.25, 0.3) is 0 Å². The first kappa shape index (κ1) is 30.3. The molecule has 0 saturated heterocycles. The van der Waals surface area contributed by atoms with Gasteiger partial charge in [-0.25, -0.2) is 0 Å². The van der Waals surface area contributed by atoms with Gasteiger partial charge in [0.1, 0.15) is 6.17 Å². The van der Waals surface area contributed by atoms with E-state index in [0.29, 0.717) is 0 Å². The normalized spacial score (nSPS) is 14.9. The highest BCUT2D eigenvalue weighted by molar-refractivity contribution is 6.32. The number of hydrogen-bond acceptors (Lipinski definition) is 3. The average molecular weight is 638 g/mol. The van der Waals surface area contributed by atoms with E-state index in [1.54, 1.807) is 0 Å². The van der Waals surface area contributed by atoms with E-state index >= 15 is 0 Å². The van der Waals surface area contributed by atoms with Crippen molar-refractivity contribution in [1.29, 1.82) is 0 Å². The lowest BCUT2D eigenvalue weighted by Gasteiger charge is -2.31. The molecule has 0 spiro atoms. The molecule has 1 heterocycles. The smallest absolute Gasteiger partial charge is 0.129 e. The van der Waals surface area contributed by atoms with Gasteiger partial charge < -0.3 is 10.3 Å². The van der Waals surface area contributed by atoms with Crippen LogP contribution in [0.1, 0.15) is 54.0 Å². The molecule has 0 bridgehead atoms. The maximum Gasteiger partial charge on any atom is 0.129 e. The van der Waals surface area contributed by atoms with Gasteiger partial charge in [-0.05, 0) is 64.2 Å². The molecule has 0 amide bonds. The van der Waals surface area contributed by atoms with Crippen molar-refractivity contribution in [3.63, 3.8) is 0 Å². The van der Waals surface area contributed by atoms with Gasteiger partial charge in [0.05, 0.1) is 27.4 Å². The molecular weight excluding hydrogens is 601 g/mol. The fraction of sp³-hybridized carbons (Fsp3) is 0.140. The van der Waals surface area contributed by atoms with E-state index in [1.807, 2.05) is 43.6 Å². The second-order valence-electron chi connectivity index (χ2n) is 13.3. The SMILES string of the molecule is CN(C(N)c1ccccc1)C(N=Cc1cccc(-n2c3ccccc3c3ccc4c(c32)C(C)(C)c2ccccc2-4)c1)c1cccc([Si])c1. The van der Waals surface area contributed by atoms with Crippen molar-refractivity contribution in [2.24, 2.45) is 10.7 Å². The summed E-state index contributed by atoms with van der Waals surface area (Å²) in [7, 11) is 5.76. The Hall–Kier alpha value is -5.07. The van der Waals surface area contributed by atoms with Crippen LogP contribution in [0, 0.1) is 0 Å². The van der Waals surface area contributed by atoms with Crippen LogP contribution in [-0.4, -0.2) is 33.0 Å². The fourth-order valence-corrected chi connectivity index (χ4v) is 7.91. The van der Waals surface area contributed by atoms with Crippen molar-refractivity contribution in [2.45, 2.75) is 31.6 Å². The van der Waals surface area contributed by atoms with E-state index in [4.69, 9.17) is 10.7 Å². The zero-order valence-electron chi connectivity index (χ0n) is 27.4. The van der Waals surface area contributed by atoms with Crippen molar-refractivity contribution in [2.75, 3.05) is 7.05 Å². The van der Waals surface area contributed by atoms with E-state index in [2.05, 4.69) is 143 Å². The quantitative estimate of drug-likeness (QED) is 0.108. The van der Waals surface area contributed by atoms with E-state index in [9.17, 15) is 0 Å². The molecule has 1 aromatic heterocycles. The molecule has 1 aliphatic carbocycles. The monoisotopic (exact) mass is 637 g/mol. The van der Waals surface area contributed by atoms with E-state index in [0.717, 1.165) is 27.6 Å². The zero-order valence-corrected chi connectivity index (χ0v) is 28.4. The van der Waals surface area contributed by atoms with Crippen LogP contribution in [0.15, 0.2) is 145 Å². The van der Waals surface area contributed by atoms with Gasteiger partial charge in [0.2, 0.25) is 0 Å². The number of fused-ring (bicyclic) bond motifs is 7. The minimum atomic E-state index is -0.328. The predicted molar refractivity (Wildman–Crippen MR) is 202 cm³/mol. The molecule has 2 unspecified atom stereocenters. The Morgan fingerprint density at radius 2 is 1.46 bits per heavy atom. The number of benzene rings is 6. The minimum Gasteiger partial charge on any atom is -0.312 e. The van der Waals surface area contributed by atoms with Crippen LogP contribution in [0.4, 0.5) is 0 Å². The lowest BCUT2D eigenvalue weighted by atomic mass is 9.81. The highest BCUT2D eigenvalue weighted by atomic mass is 28.1. The highest BCUT2D eigenvalue weighted by Gasteiger charge is 2.38. The third-order valence-electron chi connectivity index (χ3n) is 10.00. The number of aliphatic imine (C=N–C) groups is 1. The van der Waals surface area contributed by atoms with Gasteiger partial charge in [-0.2, -0.15) is 0 Å². The van der Waals surface area contributed by atoms with Crippen LogP contribution in [0.3, 0.4) is 0 Å². The molecular formula is C43H37N4Si. The lowest BCUT2D eigenvalue weighted by molar-refractivity contribution is 0.183. The molecule has 4 nitrogen and oxygen atoms in total. The Bertz CT molecular complexity index is 2340. The lowest BCUT2D eigenvalue weighted by Crippen LogP contribution is -2.34. The van der Waals surface area contributed by atoms with Gasteiger partial charge >= 0.3 is 0 Å². The van der Waals surface area contributed by atoms with Crippen LogP contribution in [0.5, 0.6) is 0 Å². The van der Waals surface area contributed by atoms with E-state index < -0.39 is 0 Å². The maximum absolute atomic E-state index is 6.81. The van der Waals surface area contributed by atoms with Gasteiger partial charge in [0, 0.05) is 28.1 Å². The highest BCUT2D eigenvalue weighted by Crippen LogP contribution is 2.52. The Morgan fingerprint density at radius 1 is 0.729 bits per heavy atom. The Balaban J connectivity index is 1.26. The first-order chi connectivity index (χ1) is 23.3. The molecule has 2 atom stereocenters. The molecule has 2 N–H and O–H groups in total. The van der Waals surface area contributed by atoms with Gasteiger partial charge in [-0.15, -0.1) is 0 Å². The summed E-state index contributed by atoms with van der Waals surface area (Å²) in [5.41, 5.74) is 18.8. The summed E-state index contributed by atoms with van der Waals surface area (Å²) in [6.45, 7) is 4.72. The molecule has 0 saturated carbocycles. The summed E-state index contributed by atoms with van der Waals surface area (Å²) >= 11 is 0. The van der Waals surface area contributed by atoms with Gasteiger partial charge in [-0.1, -0.05) is 140 Å². The molecule has 3 radical (unpaired) electrons. The number of aromatic nitrogens is 1. The van der Waals surface area contributed by atoms with Gasteiger partial charge in [-0.3, -0.25) is 9.89 Å². The fourth-order valence-electron chi connectivity index (χ4n) is 7.64. The number of nitrogens with zero attached hydrogens (tertiary/aromatic N) is 3. The number of hydrogen-bond donors (Lipinski definition) is 1. The Kier molecular flexibility index (Phi) is 7.48. The third-order valence-corrected chi connectivity index (χ3v) is 10.3. The predicted octanol–water partition coefficient (Wildman–Crippen LogP) is 8.59. The summed E-state index contributed by atoms with van der Waals surface area (Å²) in [4.78, 5) is 7.31. The van der Waals surface area contributed by atoms with Crippen molar-refractivity contribution >= 4 is 43.4 Å². The average Bonchev–Trinajstić information content (AvgIpc) is 3.57. The summed E-state index contributed by atoms with van der Waals surface area (Å²) in [6.07, 6.45) is 1.36. The van der Waals surface area contributed by atoms with Crippen LogP contribution in [0.2, 0.25) is 0 Å². The molecule has 233 valence electrons. The maximum atomic E-state index is 6.81. The van der Waals surface area contributed by atoms with E-state index in [-0.39, 0.29) is 17.7 Å². The van der Waals surface area contributed by atoms with Crippen LogP contribution in [0.25, 0.3) is 38.6 Å².